The number of hydrogen-bond acceptors (Lipinski definition) is 1. The molecule has 0 heterocycles. The summed E-state index contributed by atoms with van der Waals surface area (Å²) in [4.78, 5) is 0. The summed E-state index contributed by atoms with van der Waals surface area (Å²) in [7, 11) is 1.95. The normalized spacial score (nSPS) is 22.8. The topological polar surface area (TPSA) is 12.0 Å². The molecule has 0 radical (unpaired) electrons. The summed E-state index contributed by atoms with van der Waals surface area (Å²) in [5, 5.41) is 3.19. The molecule has 0 aliphatic heterocycles. The lowest BCUT2D eigenvalue weighted by Crippen LogP contribution is -2.17. The Kier molecular flexibility index (Phi) is 2.55. The monoisotopic (exact) mass is 207 g/mol. The molecule has 0 bridgehead atoms. The molecule has 15 heavy (non-hydrogen) atoms. The van der Waals surface area contributed by atoms with Crippen LogP contribution in [-0.2, 0) is 5.41 Å². The lowest BCUT2D eigenvalue weighted by molar-refractivity contribution is 0.466. The van der Waals surface area contributed by atoms with Crippen molar-refractivity contribution in [1.29, 1.82) is 0 Å². The van der Waals surface area contributed by atoms with Gasteiger partial charge < -0.3 is 5.32 Å². The first kappa shape index (κ1) is 10.6. The largest absolute Gasteiger partial charge is 0.319 e. The minimum Gasteiger partial charge on any atom is -0.319 e. The molecule has 1 aromatic carbocycles. The number of hydrogen-bond donors (Lipinski definition) is 1. The van der Waals surface area contributed by atoms with Crippen molar-refractivity contribution in [3.63, 3.8) is 0 Å². The number of likely N-dealkylation sites (N-methyl/N-ethyl adjacent to an activating group) is 1. The third kappa shape index (κ3) is 1.78. The Morgan fingerprint density at radius 2 is 2.20 bits per heavy atom. The Morgan fingerprint density at radius 1 is 1.47 bits per heavy atom. The maximum atomic E-state index is 13.2. The maximum Gasteiger partial charge on any atom is 0.123 e. The molecule has 82 valence electrons. The fourth-order valence-electron chi connectivity index (χ4n) is 2.75. The van der Waals surface area contributed by atoms with E-state index in [-0.39, 0.29) is 11.2 Å². The summed E-state index contributed by atoms with van der Waals surface area (Å²) in [6.45, 7) is 5.40. The summed E-state index contributed by atoms with van der Waals surface area (Å²) >= 11 is 0. The van der Waals surface area contributed by atoms with E-state index in [1.54, 1.807) is 12.1 Å². The van der Waals surface area contributed by atoms with Crippen LogP contribution in [0.5, 0.6) is 0 Å². The van der Waals surface area contributed by atoms with E-state index >= 15 is 0 Å². The number of rotatable bonds is 2. The molecule has 1 atom stereocenters. The highest BCUT2D eigenvalue weighted by Crippen LogP contribution is 2.45. The molecule has 1 aliphatic rings. The second-order valence-electron chi connectivity index (χ2n) is 5.07. The van der Waals surface area contributed by atoms with E-state index in [4.69, 9.17) is 0 Å². The Morgan fingerprint density at radius 3 is 2.87 bits per heavy atom. The van der Waals surface area contributed by atoms with E-state index < -0.39 is 0 Å². The van der Waals surface area contributed by atoms with Crippen LogP contribution in [0.4, 0.5) is 4.39 Å². The van der Waals surface area contributed by atoms with E-state index in [1.807, 2.05) is 13.1 Å². The molecule has 1 aromatic rings. The highest BCUT2D eigenvalue weighted by Gasteiger charge is 2.36. The molecule has 0 saturated heterocycles. The second-order valence-corrected chi connectivity index (χ2v) is 5.07. The molecule has 0 saturated carbocycles. The van der Waals surface area contributed by atoms with Gasteiger partial charge in [-0.25, -0.2) is 4.39 Å². The highest BCUT2D eigenvalue weighted by molar-refractivity contribution is 5.42. The Balaban J connectivity index is 2.44. The molecular formula is C13H18FN. The quantitative estimate of drug-likeness (QED) is 0.786. The Labute approximate surface area is 90.7 Å². The predicted molar refractivity (Wildman–Crippen MR) is 60.7 cm³/mol. The fraction of sp³-hybridized carbons (Fsp3) is 0.538. The van der Waals surface area contributed by atoms with Gasteiger partial charge in [0.15, 0.2) is 0 Å². The van der Waals surface area contributed by atoms with Gasteiger partial charge in [0, 0.05) is 6.54 Å². The van der Waals surface area contributed by atoms with Crippen LogP contribution in [0.15, 0.2) is 18.2 Å². The van der Waals surface area contributed by atoms with E-state index in [0.29, 0.717) is 5.92 Å². The zero-order chi connectivity index (χ0) is 11.1. The van der Waals surface area contributed by atoms with Crippen LogP contribution in [0.1, 0.15) is 37.3 Å². The highest BCUT2D eigenvalue weighted by atomic mass is 19.1. The van der Waals surface area contributed by atoms with Crippen molar-refractivity contribution >= 4 is 0 Å². The lowest BCUT2D eigenvalue weighted by Gasteiger charge is -2.19. The molecule has 1 unspecified atom stereocenters. The summed E-state index contributed by atoms with van der Waals surface area (Å²) in [5.41, 5.74) is 2.68. The number of nitrogens with one attached hydrogen (secondary N) is 1. The second kappa shape index (κ2) is 3.60. The van der Waals surface area contributed by atoms with E-state index in [1.165, 1.54) is 11.1 Å². The summed E-state index contributed by atoms with van der Waals surface area (Å²) in [6.07, 6.45) is 1.10. The van der Waals surface area contributed by atoms with Crippen LogP contribution >= 0.6 is 0 Å². The van der Waals surface area contributed by atoms with Crippen LogP contribution in [0, 0.1) is 5.82 Å². The van der Waals surface area contributed by atoms with Gasteiger partial charge in [0.25, 0.3) is 0 Å². The van der Waals surface area contributed by atoms with Crippen molar-refractivity contribution in [2.75, 3.05) is 13.6 Å². The van der Waals surface area contributed by atoms with E-state index in [0.717, 1.165) is 13.0 Å². The average molecular weight is 207 g/mol. The van der Waals surface area contributed by atoms with Gasteiger partial charge in [-0.2, -0.15) is 0 Å². The van der Waals surface area contributed by atoms with Gasteiger partial charge in [-0.15, -0.1) is 0 Å². The maximum absolute atomic E-state index is 13.2. The Hall–Kier alpha value is -0.890. The fourth-order valence-corrected chi connectivity index (χ4v) is 2.75. The van der Waals surface area contributed by atoms with Gasteiger partial charge in [0.1, 0.15) is 5.82 Å². The molecule has 1 N–H and O–H groups in total. The number of benzene rings is 1. The molecule has 2 heteroatoms. The van der Waals surface area contributed by atoms with Crippen LogP contribution < -0.4 is 5.32 Å². The Bertz CT molecular complexity index is 371. The van der Waals surface area contributed by atoms with E-state index in [2.05, 4.69) is 19.2 Å². The lowest BCUT2D eigenvalue weighted by atomic mass is 9.86. The molecular weight excluding hydrogens is 189 g/mol. The molecule has 0 amide bonds. The van der Waals surface area contributed by atoms with Crippen LogP contribution in [0.25, 0.3) is 0 Å². The smallest absolute Gasteiger partial charge is 0.123 e. The molecule has 2 rings (SSSR count). The van der Waals surface area contributed by atoms with Gasteiger partial charge in [-0.05, 0) is 48.1 Å². The summed E-state index contributed by atoms with van der Waals surface area (Å²) in [5.74, 6) is 0.336. The van der Waals surface area contributed by atoms with Gasteiger partial charge in [0.2, 0.25) is 0 Å². The van der Waals surface area contributed by atoms with Crippen LogP contribution in [0.3, 0.4) is 0 Å². The van der Waals surface area contributed by atoms with Gasteiger partial charge >= 0.3 is 0 Å². The van der Waals surface area contributed by atoms with Crippen LogP contribution in [-0.4, -0.2) is 13.6 Å². The molecule has 0 aromatic heterocycles. The number of fused-ring (bicyclic) bond motifs is 1. The third-order valence-corrected chi connectivity index (χ3v) is 3.39. The molecule has 0 spiro atoms. The zero-order valence-corrected chi connectivity index (χ0v) is 9.60. The van der Waals surface area contributed by atoms with Gasteiger partial charge in [0.05, 0.1) is 0 Å². The third-order valence-electron chi connectivity index (χ3n) is 3.39. The molecule has 1 nitrogen and oxygen atoms in total. The van der Waals surface area contributed by atoms with Crippen molar-refractivity contribution in [3.05, 3.63) is 35.1 Å². The standard InChI is InChI=1S/C13H18FN/c1-13(2)7-9(8-15-3)11-6-10(14)4-5-12(11)13/h4-6,9,15H,7-8H2,1-3H3. The van der Waals surface area contributed by atoms with Crippen molar-refractivity contribution < 1.29 is 4.39 Å². The minimum absolute atomic E-state index is 0.118. The van der Waals surface area contributed by atoms with Crippen molar-refractivity contribution in [2.45, 2.75) is 31.6 Å². The molecule has 1 aliphatic carbocycles. The summed E-state index contributed by atoms with van der Waals surface area (Å²) in [6, 6.07) is 5.22. The number of halogens is 1. The van der Waals surface area contributed by atoms with Crippen molar-refractivity contribution in [2.24, 2.45) is 0 Å². The van der Waals surface area contributed by atoms with Gasteiger partial charge in [-0.3, -0.25) is 0 Å². The SMILES string of the molecule is CNCC1CC(C)(C)c2ccc(F)cc21. The average Bonchev–Trinajstić information content (AvgIpc) is 2.39. The van der Waals surface area contributed by atoms with Crippen LogP contribution in [0.2, 0.25) is 0 Å². The summed E-state index contributed by atoms with van der Waals surface area (Å²) < 4.78 is 13.2. The first-order valence-electron chi connectivity index (χ1n) is 5.49. The minimum atomic E-state index is -0.118. The van der Waals surface area contributed by atoms with Crippen molar-refractivity contribution in [1.82, 2.24) is 5.32 Å². The van der Waals surface area contributed by atoms with E-state index in [9.17, 15) is 4.39 Å². The molecule has 0 fully saturated rings. The van der Waals surface area contributed by atoms with Crippen molar-refractivity contribution in [3.8, 4) is 0 Å². The zero-order valence-electron chi connectivity index (χ0n) is 9.60. The first-order valence-corrected chi connectivity index (χ1v) is 5.49. The first-order chi connectivity index (χ1) is 7.04. The predicted octanol–water partition coefficient (Wildman–Crippen LogP) is 2.81. The van der Waals surface area contributed by atoms with Gasteiger partial charge in [-0.1, -0.05) is 19.9 Å².